The summed E-state index contributed by atoms with van der Waals surface area (Å²) in [6.07, 6.45) is 9.80. The zero-order valence-corrected chi connectivity index (χ0v) is 20.6. The van der Waals surface area contributed by atoms with Crippen LogP contribution >= 0.6 is 0 Å². The molecule has 1 fully saturated rings. The van der Waals surface area contributed by atoms with Crippen LogP contribution in [0.5, 0.6) is 0 Å². The Labute approximate surface area is 213 Å². The van der Waals surface area contributed by atoms with Gasteiger partial charge in [-0.2, -0.15) is 5.10 Å². The highest BCUT2D eigenvalue weighted by Crippen LogP contribution is 2.30. The van der Waals surface area contributed by atoms with E-state index in [1.165, 1.54) is 13.0 Å². The lowest BCUT2D eigenvalue weighted by Gasteiger charge is -2.36. The van der Waals surface area contributed by atoms with Gasteiger partial charge in [0.2, 0.25) is 5.95 Å². The van der Waals surface area contributed by atoms with Gasteiger partial charge in [-0.3, -0.25) is 10.1 Å². The molecule has 190 valence electrons. The summed E-state index contributed by atoms with van der Waals surface area (Å²) in [7, 11) is 1.88. The molecule has 4 heterocycles. The van der Waals surface area contributed by atoms with Gasteiger partial charge in [0.05, 0.1) is 11.9 Å². The molecule has 0 unspecified atom stereocenters. The lowest BCUT2D eigenvalue weighted by molar-refractivity contribution is 0.0972. The predicted octanol–water partition coefficient (Wildman–Crippen LogP) is 2.78. The molecule has 1 saturated heterocycles. The predicted molar refractivity (Wildman–Crippen MR) is 139 cm³/mol. The number of rotatable bonds is 6. The molecule has 0 aliphatic carbocycles. The molecule has 1 aromatic carbocycles. The number of nitrogens with one attached hydrogen (secondary N) is 2. The van der Waals surface area contributed by atoms with E-state index in [-0.39, 0.29) is 5.56 Å². The summed E-state index contributed by atoms with van der Waals surface area (Å²) < 4.78 is 16.0. The minimum atomic E-state index is -1.55. The Bertz CT molecular complexity index is 1420. The maximum atomic E-state index is 14.3. The van der Waals surface area contributed by atoms with Gasteiger partial charge in [0.25, 0.3) is 0 Å². The number of amidine groups is 1. The zero-order chi connectivity index (χ0) is 26.0. The summed E-state index contributed by atoms with van der Waals surface area (Å²) in [4.78, 5) is 20.7. The molecule has 1 aliphatic rings. The fourth-order valence-electron chi connectivity index (χ4n) is 4.51. The standard InChI is InChI=1S/C26H28FN9O/c1-26(37,21-5-3-4-6-22(21)27)20-14-30-25(31-15-20)36-9-7-35(8-10-36)24(32-17-28)23-11-18(12-29-23)19-13-33-34(2)16-19/h3-6,11-17,28-29,37H,7-10H2,1-2H3/b28-17?,32-24+/t26-/m1/s1. The van der Waals surface area contributed by atoms with Gasteiger partial charge < -0.3 is 19.9 Å². The molecule has 0 spiro atoms. The van der Waals surface area contributed by atoms with Crippen LogP contribution in [0, 0.1) is 11.2 Å². The first-order valence-corrected chi connectivity index (χ1v) is 11.9. The summed E-state index contributed by atoms with van der Waals surface area (Å²) in [5.74, 6) is 0.753. The van der Waals surface area contributed by atoms with Gasteiger partial charge in [-0.25, -0.2) is 19.4 Å². The summed E-state index contributed by atoms with van der Waals surface area (Å²) in [5, 5.41) is 22.8. The molecule has 0 saturated carbocycles. The van der Waals surface area contributed by atoms with Crippen molar-refractivity contribution in [3.05, 3.63) is 84.0 Å². The van der Waals surface area contributed by atoms with Crippen molar-refractivity contribution in [2.24, 2.45) is 12.0 Å². The monoisotopic (exact) mass is 501 g/mol. The number of piperazine rings is 1. The van der Waals surface area contributed by atoms with E-state index in [9.17, 15) is 9.50 Å². The number of H-pyrrole nitrogens is 1. The second-order valence-corrected chi connectivity index (χ2v) is 9.08. The lowest BCUT2D eigenvalue weighted by Crippen LogP contribution is -2.49. The Morgan fingerprint density at radius 1 is 1.14 bits per heavy atom. The van der Waals surface area contributed by atoms with Crippen molar-refractivity contribution in [3.8, 4) is 11.1 Å². The van der Waals surface area contributed by atoms with E-state index in [1.807, 2.05) is 25.5 Å². The van der Waals surface area contributed by atoms with Crippen LogP contribution in [0.15, 0.2) is 66.3 Å². The van der Waals surface area contributed by atoms with Crippen molar-refractivity contribution in [1.82, 2.24) is 29.6 Å². The van der Waals surface area contributed by atoms with Gasteiger partial charge in [0, 0.05) is 80.3 Å². The van der Waals surface area contributed by atoms with Crippen LogP contribution in [0.25, 0.3) is 11.1 Å². The molecule has 10 nitrogen and oxygen atoms in total. The number of hydrogen-bond acceptors (Lipinski definition) is 6. The number of anilines is 1. The third kappa shape index (κ3) is 4.85. The van der Waals surface area contributed by atoms with Crippen LogP contribution in [-0.4, -0.2) is 73.1 Å². The molecule has 5 rings (SSSR count). The topological polar surface area (TPSA) is 122 Å². The second kappa shape index (κ2) is 9.94. The first-order valence-electron chi connectivity index (χ1n) is 11.9. The first-order chi connectivity index (χ1) is 17.9. The first kappa shape index (κ1) is 24.3. The van der Waals surface area contributed by atoms with Gasteiger partial charge in [0.15, 0.2) is 5.84 Å². The lowest BCUT2D eigenvalue weighted by atomic mass is 9.90. The number of aryl methyl sites for hydroxylation is 1. The summed E-state index contributed by atoms with van der Waals surface area (Å²) in [6.45, 7) is 4.15. The molecule has 11 heteroatoms. The third-order valence-electron chi connectivity index (χ3n) is 6.61. The Balaban J connectivity index is 1.27. The van der Waals surface area contributed by atoms with Crippen LogP contribution in [-0.2, 0) is 12.6 Å². The normalized spacial score (nSPS) is 16.1. The van der Waals surface area contributed by atoms with Crippen molar-refractivity contribution in [2.75, 3.05) is 31.1 Å². The largest absolute Gasteiger partial charge is 0.380 e. The highest BCUT2D eigenvalue weighted by Gasteiger charge is 2.30. The third-order valence-corrected chi connectivity index (χ3v) is 6.61. The van der Waals surface area contributed by atoms with E-state index in [0.29, 0.717) is 43.5 Å². The molecule has 0 radical (unpaired) electrons. The molecule has 37 heavy (non-hydrogen) atoms. The van der Waals surface area contributed by atoms with Gasteiger partial charge >= 0.3 is 0 Å². The molecule has 4 aromatic rings. The minimum absolute atomic E-state index is 0.175. The summed E-state index contributed by atoms with van der Waals surface area (Å²) in [5.41, 5.74) is 1.86. The Kier molecular flexibility index (Phi) is 6.53. The smallest absolute Gasteiger partial charge is 0.225 e. The van der Waals surface area contributed by atoms with Crippen LogP contribution in [0.2, 0.25) is 0 Å². The molecule has 0 amide bonds. The SMILES string of the molecule is Cn1cc(-c2c[nH]c(/C(=N\C=N)N3CCN(c4ncc([C@@](C)(O)c5ccccc5F)cn4)CC3)c2)cn1. The Morgan fingerprint density at radius 2 is 1.86 bits per heavy atom. The van der Waals surface area contributed by atoms with E-state index >= 15 is 0 Å². The number of aromatic amines is 1. The molecule has 3 aromatic heterocycles. The van der Waals surface area contributed by atoms with E-state index in [4.69, 9.17) is 5.41 Å². The van der Waals surface area contributed by atoms with Crippen LogP contribution < -0.4 is 4.90 Å². The number of aliphatic hydroxyl groups is 1. The zero-order valence-electron chi connectivity index (χ0n) is 20.6. The van der Waals surface area contributed by atoms with Crippen LogP contribution in [0.1, 0.15) is 23.7 Å². The fourth-order valence-corrected chi connectivity index (χ4v) is 4.51. The number of aliphatic imine (C=N–C) groups is 1. The molecular formula is C26H28FN9O. The van der Waals surface area contributed by atoms with Crippen LogP contribution in [0.3, 0.4) is 0 Å². The molecule has 3 N–H and O–H groups in total. The number of hydrogen-bond donors (Lipinski definition) is 3. The van der Waals surface area contributed by atoms with Gasteiger partial charge in [-0.1, -0.05) is 18.2 Å². The number of aromatic nitrogens is 5. The highest BCUT2D eigenvalue weighted by molar-refractivity contribution is 6.01. The van der Waals surface area contributed by atoms with Crippen molar-refractivity contribution in [2.45, 2.75) is 12.5 Å². The van der Waals surface area contributed by atoms with Crippen molar-refractivity contribution < 1.29 is 9.50 Å². The Morgan fingerprint density at radius 3 is 2.51 bits per heavy atom. The fraction of sp³-hybridized carbons (Fsp3) is 0.269. The summed E-state index contributed by atoms with van der Waals surface area (Å²) in [6, 6.07) is 8.16. The average Bonchev–Trinajstić information content (AvgIpc) is 3.57. The van der Waals surface area contributed by atoms with Crippen molar-refractivity contribution >= 4 is 18.1 Å². The molecule has 1 atom stereocenters. The number of nitrogens with zero attached hydrogens (tertiary/aromatic N) is 7. The maximum Gasteiger partial charge on any atom is 0.225 e. The van der Waals surface area contributed by atoms with E-state index in [2.05, 4.69) is 34.8 Å². The average molecular weight is 502 g/mol. The summed E-state index contributed by atoms with van der Waals surface area (Å²) >= 11 is 0. The number of halogens is 1. The van der Waals surface area contributed by atoms with Crippen molar-refractivity contribution in [1.29, 1.82) is 5.41 Å². The minimum Gasteiger partial charge on any atom is -0.380 e. The van der Waals surface area contributed by atoms with E-state index in [0.717, 1.165) is 23.2 Å². The quantitative estimate of drug-likeness (QED) is 0.276. The van der Waals surface area contributed by atoms with E-state index in [1.54, 1.807) is 41.5 Å². The van der Waals surface area contributed by atoms with Gasteiger partial charge in [0.1, 0.15) is 17.8 Å². The Hall–Kier alpha value is -4.38. The molecular weight excluding hydrogens is 473 g/mol. The number of benzene rings is 1. The van der Waals surface area contributed by atoms with Crippen LogP contribution in [0.4, 0.5) is 10.3 Å². The molecule has 1 aliphatic heterocycles. The van der Waals surface area contributed by atoms with Gasteiger partial charge in [-0.05, 0) is 19.1 Å². The maximum absolute atomic E-state index is 14.3. The second-order valence-electron chi connectivity index (χ2n) is 9.08. The highest BCUT2D eigenvalue weighted by atomic mass is 19.1. The van der Waals surface area contributed by atoms with E-state index < -0.39 is 11.4 Å². The van der Waals surface area contributed by atoms with Crippen molar-refractivity contribution in [3.63, 3.8) is 0 Å². The van der Waals surface area contributed by atoms with Gasteiger partial charge in [-0.15, -0.1) is 0 Å². The molecule has 0 bridgehead atoms.